The fourth-order valence-corrected chi connectivity index (χ4v) is 3.09. The van der Waals surface area contributed by atoms with E-state index in [0.717, 1.165) is 28.9 Å². The van der Waals surface area contributed by atoms with E-state index in [1.54, 1.807) is 18.3 Å². The molecule has 1 aromatic carbocycles. The number of pyridine rings is 1. The summed E-state index contributed by atoms with van der Waals surface area (Å²) in [6, 6.07) is 7.59. The van der Waals surface area contributed by atoms with Crippen LogP contribution in [0.2, 0.25) is 0 Å². The van der Waals surface area contributed by atoms with E-state index in [2.05, 4.69) is 29.4 Å². The van der Waals surface area contributed by atoms with Crippen LogP contribution in [0.25, 0.3) is 0 Å². The summed E-state index contributed by atoms with van der Waals surface area (Å²) in [7, 11) is 0. The first-order valence-electron chi connectivity index (χ1n) is 8.61. The number of hydrogen-bond acceptors (Lipinski definition) is 4. The van der Waals surface area contributed by atoms with Gasteiger partial charge in [0.25, 0.3) is 5.91 Å². The Bertz CT molecular complexity index is 769. The zero-order valence-electron chi connectivity index (χ0n) is 15.1. The highest BCUT2D eigenvalue weighted by Gasteiger charge is 2.25. The van der Waals surface area contributed by atoms with Gasteiger partial charge in [-0.1, -0.05) is 17.7 Å². The zero-order valence-corrected chi connectivity index (χ0v) is 15.1. The molecule has 1 aromatic heterocycles. The molecular weight excluding hydrogens is 316 g/mol. The van der Waals surface area contributed by atoms with Crippen molar-refractivity contribution in [2.24, 2.45) is 0 Å². The Morgan fingerprint density at radius 2 is 2.12 bits per heavy atom. The maximum atomic E-state index is 12.6. The Morgan fingerprint density at radius 1 is 1.32 bits per heavy atom. The Hall–Kier alpha value is -2.56. The summed E-state index contributed by atoms with van der Waals surface area (Å²) in [6.45, 7) is 8.57. The molecule has 2 aromatic rings. The summed E-state index contributed by atoms with van der Waals surface area (Å²) >= 11 is 0. The van der Waals surface area contributed by atoms with Crippen LogP contribution >= 0.6 is 0 Å². The van der Waals surface area contributed by atoms with Gasteiger partial charge in [0, 0.05) is 24.2 Å². The van der Waals surface area contributed by atoms with Crippen molar-refractivity contribution in [2.45, 2.75) is 46.3 Å². The number of fused-ring (bicyclic) bond motifs is 1. The summed E-state index contributed by atoms with van der Waals surface area (Å²) in [5, 5.41) is 3.11. The number of carbonyl (C=O) groups excluding carboxylic acids is 1. The van der Waals surface area contributed by atoms with Crippen molar-refractivity contribution >= 4 is 5.91 Å². The second kappa shape index (κ2) is 7.13. The van der Waals surface area contributed by atoms with Gasteiger partial charge in [0.2, 0.25) is 5.88 Å². The highest BCUT2D eigenvalue weighted by Crippen LogP contribution is 2.35. The summed E-state index contributed by atoms with van der Waals surface area (Å²) in [6.07, 6.45) is 2.36. The van der Waals surface area contributed by atoms with Gasteiger partial charge in [-0.15, -0.1) is 0 Å². The van der Waals surface area contributed by atoms with E-state index in [4.69, 9.17) is 9.47 Å². The number of aryl methyl sites for hydroxylation is 2. The summed E-state index contributed by atoms with van der Waals surface area (Å²) in [4.78, 5) is 16.8. The van der Waals surface area contributed by atoms with E-state index in [1.165, 1.54) is 0 Å². The number of rotatable bonds is 4. The Kier molecular flexibility index (Phi) is 4.93. The highest BCUT2D eigenvalue weighted by molar-refractivity contribution is 5.94. The number of amides is 1. The minimum atomic E-state index is -0.138. The number of hydrogen-bond donors (Lipinski definition) is 1. The van der Waals surface area contributed by atoms with Crippen molar-refractivity contribution in [2.75, 3.05) is 6.61 Å². The second-order valence-corrected chi connectivity index (χ2v) is 6.72. The van der Waals surface area contributed by atoms with Gasteiger partial charge in [0.05, 0.1) is 24.3 Å². The van der Waals surface area contributed by atoms with Crippen molar-refractivity contribution in [3.05, 3.63) is 52.7 Å². The lowest BCUT2D eigenvalue weighted by Crippen LogP contribution is -2.32. The molecule has 1 atom stereocenters. The molecule has 0 saturated carbocycles. The molecule has 0 spiro atoms. The third-order valence-electron chi connectivity index (χ3n) is 4.14. The molecule has 1 aliphatic rings. The van der Waals surface area contributed by atoms with Crippen LogP contribution in [0.15, 0.2) is 30.5 Å². The van der Waals surface area contributed by atoms with Crippen molar-refractivity contribution in [1.29, 1.82) is 0 Å². The van der Waals surface area contributed by atoms with Gasteiger partial charge in [-0.25, -0.2) is 4.98 Å². The summed E-state index contributed by atoms with van der Waals surface area (Å²) < 4.78 is 11.3. The smallest absolute Gasteiger partial charge is 0.253 e. The predicted octanol–water partition coefficient (Wildman–Crippen LogP) is 3.74. The average Bonchev–Trinajstić information content (AvgIpc) is 2.55. The predicted molar refractivity (Wildman–Crippen MR) is 96.2 cm³/mol. The van der Waals surface area contributed by atoms with Gasteiger partial charge in [-0.2, -0.15) is 0 Å². The monoisotopic (exact) mass is 340 g/mol. The zero-order chi connectivity index (χ0) is 18.0. The maximum Gasteiger partial charge on any atom is 0.253 e. The largest absolute Gasteiger partial charge is 0.493 e. The quantitative estimate of drug-likeness (QED) is 0.921. The average molecular weight is 340 g/mol. The first-order valence-corrected chi connectivity index (χ1v) is 8.61. The Morgan fingerprint density at radius 3 is 2.80 bits per heavy atom. The van der Waals surface area contributed by atoms with E-state index >= 15 is 0 Å². The van der Waals surface area contributed by atoms with Gasteiger partial charge in [-0.05, 0) is 39.3 Å². The maximum absolute atomic E-state index is 12.6. The molecule has 2 heterocycles. The molecule has 0 saturated heterocycles. The van der Waals surface area contributed by atoms with Crippen LogP contribution in [0.4, 0.5) is 0 Å². The minimum Gasteiger partial charge on any atom is -0.493 e. The number of carbonyl (C=O) groups is 1. The molecule has 1 N–H and O–H groups in total. The number of benzene rings is 1. The molecule has 132 valence electrons. The molecule has 25 heavy (non-hydrogen) atoms. The van der Waals surface area contributed by atoms with Gasteiger partial charge in [0.1, 0.15) is 5.75 Å². The summed E-state index contributed by atoms with van der Waals surface area (Å²) in [5.41, 5.74) is 3.84. The van der Waals surface area contributed by atoms with E-state index in [9.17, 15) is 4.79 Å². The van der Waals surface area contributed by atoms with E-state index < -0.39 is 0 Å². The number of nitrogens with one attached hydrogen (secondary N) is 1. The lowest BCUT2D eigenvalue weighted by atomic mass is 9.95. The first kappa shape index (κ1) is 17.3. The third kappa shape index (κ3) is 3.92. The molecule has 5 heteroatoms. The molecule has 5 nitrogen and oxygen atoms in total. The fourth-order valence-electron chi connectivity index (χ4n) is 3.09. The molecule has 1 unspecified atom stereocenters. The molecule has 0 bridgehead atoms. The topological polar surface area (TPSA) is 60.5 Å². The van der Waals surface area contributed by atoms with Crippen molar-refractivity contribution < 1.29 is 14.3 Å². The van der Waals surface area contributed by atoms with E-state index in [1.807, 2.05) is 20.8 Å². The van der Waals surface area contributed by atoms with E-state index in [-0.39, 0.29) is 18.1 Å². The van der Waals surface area contributed by atoms with Crippen LogP contribution in [0.5, 0.6) is 11.6 Å². The molecule has 3 rings (SSSR count). The van der Waals surface area contributed by atoms with Crippen LogP contribution in [0, 0.1) is 13.8 Å². The van der Waals surface area contributed by atoms with E-state index in [0.29, 0.717) is 18.1 Å². The molecule has 1 aliphatic heterocycles. The molecule has 0 fully saturated rings. The third-order valence-corrected chi connectivity index (χ3v) is 4.14. The van der Waals surface area contributed by atoms with Gasteiger partial charge >= 0.3 is 0 Å². The van der Waals surface area contributed by atoms with Crippen LogP contribution in [0.3, 0.4) is 0 Å². The summed E-state index contributed by atoms with van der Waals surface area (Å²) in [5.74, 6) is 1.27. The lowest BCUT2D eigenvalue weighted by molar-refractivity contribution is 0.0924. The number of nitrogens with zero attached hydrogens (tertiary/aromatic N) is 1. The van der Waals surface area contributed by atoms with Crippen LogP contribution in [-0.2, 0) is 0 Å². The molecular formula is C20H24N2O3. The second-order valence-electron chi connectivity index (χ2n) is 6.72. The van der Waals surface area contributed by atoms with Crippen molar-refractivity contribution in [1.82, 2.24) is 10.3 Å². The highest BCUT2D eigenvalue weighted by atomic mass is 16.5. The van der Waals surface area contributed by atoms with Crippen LogP contribution < -0.4 is 14.8 Å². The standard InChI is InChI=1S/C20H24N2O3/c1-12(2)25-18-6-5-15(11-21-18)20(23)22-17-7-8-24-19-14(4)9-13(3)10-16(17)19/h5-6,9-12,17H,7-8H2,1-4H3,(H,22,23). The van der Waals surface area contributed by atoms with Gasteiger partial charge in [0.15, 0.2) is 0 Å². The van der Waals surface area contributed by atoms with Gasteiger partial charge in [-0.3, -0.25) is 4.79 Å². The Labute approximate surface area is 148 Å². The van der Waals surface area contributed by atoms with Crippen molar-refractivity contribution in [3.8, 4) is 11.6 Å². The molecule has 0 aliphatic carbocycles. The minimum absolute atomic E-state index is 0.0531. The van der Waals surface area contributed by atoms with Gasteiger partial charge < -0.3 is 14.8 Å². The number of aromatic nitrogens is 1. The van der Waals surface area contributed by atoms with Crippen LogP contribution in [-0.4, -0.2) is 23.6 Å². The SMILES string of the molecule is Cc1cc(C)c2c(c1)C(NC(=O)c1ccc(OC(C)C)nc1)CCO2. The first-order chi connectivity index (χ1) is 11.9. The lowest BCUT2D eigenvalue weighted by Gasteiger charge is -2.28. The Balaban J connectivity index is 1.76. The normalized spacial score (nSPS) is 16.1. The number of ether oxygens (including phenoxy) is 2. The van der Waals surface area contributed by atoms with Crippen LogP contribution in [0.1, 0.15) is 53.4 Å². The molecule has 0 radical (unpaired) electrons. The fraction of sp³-hybridized carbons (Fsp3) is 0.400. The molecule has 1 amide bonds. The van der Waals surface area contributed by atoms with Crippen molar-refractivity contribution in [3.63, 3.8) is 0 Å².